The number of benzene rings is 1. The van der Waals surface area contributed by atoms with Gasteiger partial charge in [-0.3, -0.25) is 4.79 Å². The molecule has 0 fully saturated rings. The molecule has 0 unspecified atom stereocenters. The molecule has 86 valence electrons. The fraction of sp³-hybridized carbons (Fsp3) is 0.417. The molecule has 0 N–H and O–H groups in total. The highest BCUT2D eigenvalue weighted by molar-refractivity contribution is 5.78. The van der Waals surface area contributed by atoms with Crippen molar-refractivity contribution in [3.8, 4) is 17.2 Å². The van der Waals surface area contributed by atoms with Crippen LogP contribution in [-0.4, -0.2) is 18.7 Å². The maximum absolute atomic E-state index is 10.8. The first-order chi connectivity index (χ1) is 7.55. The number of aldehydes is 1. The number of hydrogen-bond donors (Lipinski definition) is 0. The predicted octanol–water partition coefficient (Wildman–Crippen LogP) is 2.41. The van der Waals surface area contributed by atoms with E-state index in [2.05, 4.69) is 0 Å². The molecule has 1 aromatic carbocycles. The van der Waals surface area contributed by atoms with Crippen molar-refractivity contribution < 1.29 is 19.0 Å². The van der Waals surface area contributed by atoms with Gasteiger partial charge in [0.25, 0.3) is 0 Å². The molecule has 0 aromatic heterocycles. The molecule has 2 rings (SSSR count). The number of hydrogen-bond acceptors (Lipinski definition) is 4. The Morgan fingerprint density at radius 2 is 2.12 bits per heavy atom. The van der Waals surface area contributed by atoms with Crippen molar-refractivity contribution in [1.82, 2.24) is 0 Å². The van der Waals surface area contributed by atoms with Gasteiger partial charge in [-0.2, -0.15) is 0 Å². The third-order valence-corrected chi connectivity index (χ3v) is 2.18. The lowest BCUT2D eigenvalue weighted by atomic mass is 10.2. The van der Waals surface area contributed by atoms with Crippen LogP contribution >= 0.6 is 0 Å². The van der Waals surface area contributed by atoms with Crippen molar-refractivity contribution >= 4 is 6.29 Å². The molecule has 0 saturated heterocycles. The SMILES string of the molecule is CCOc1cc(C=O)cc2c1OC(C)(C)O2. The number of rotatable bonds is 3. The second kappa shape index (κ2) is 3.70. The monoisotopic (exact) mass is 222 g/mol. The summed E-state index contributed by atoms with van der Waals surface area (Å²) in [6.45, 7) is 6.01. The summed E-state index contributed by atoms with van der Waals surface area (Å²) in [5.41, 5.74) is 0.517. The zero-order chi connectivity index (χ0) is 11.8. The third-order valence-electron chi connectivity index (χ3n) is 2.18. The van der Waals surface area contributed by atoms with E-state index in [1.54, 1.807) is 12.1 Å². The molecule has 4 heteroatoms. The second-order valence-electron chi connectivity index (χ2n) is 4.00. The Morgan fingerprint density at radius 1 is 1.38 bits per heavy atom. The van der Waals surface area contributed by atoms with Gasteiger partial charge in [-0.15, -0.1) is 0 Å². The summed E-state index contributed by atoms with van der Waals surface area (Å²) < 4.78 is 16.6. The van der Waals surface area contributed by atoms with Crippen molar-refractivity contribution in [3.05, 3.63) is 17.7 Å². The number of fused-ring (bicyclic) bond motifs is 1. The van der Waals surface area contributed by atoms with E-state index >= 15 is 0 Å². The Morgan fingerprint density at radius 3 is 2.75 bits per heavy atom. The molecule has 0 atom stereocenters. The summed E-state index contributed by atoms with van der Waals surface area (Å²) in [5, 5.41) is 0. The molecule has 0 spiro atoms. The third kappa shape index (κ3) is 1.83. The van der Waals surface area contributed by atoms with Crippen LogP contribution < -0.4 is 14.2 Å². The number of ether oxygens (including phenoxy) is 3. The fourth-order valence-electron chi connectivity index (χ4n) is 1.64. The standard InChI is InChI=1S/C12H14O4/c1-4-14-9-5-8(7-13)6-10-11(9)16-12(2,3)15-10/h5-7H,4H2,1-3H3. The molecule has 16 heavy (non-hydrogen) atoms. The first-order valence-corrected chi connectivity index (χ1v) is 5.20. The van der Waals surface area contributed by atoms with Crippen molar-refractivity contribution in [1.29, 1.82) is 0 Å². The molecule has 1 heterocycles. The highest BCUT2D eigenvalue weighted by Gasteiger charge is 2.34. The quantitative estimate of drug-likeness (QED) is 0.737. The summed E-state index contributed by atoms with van der Waals surface area (Å²) in [7, 11) is 0. The lowest BCUT2D eigenvalue weighted by molar-refractivity contribution is -0.0440. The Balaban J connectivity index is 2.47. The molecule has 1 aliphatic rings. The van der Waals surface area contributed by atoms with E-state index in [1.165, 1.54) is 0 Å². The van der Waals surface area contributed by atoms with Crippen molar-refractivity contribution in [2.45, 2.75) is 26.6 Å². The van der Waals surface area contributed by atoms with Gasteiger partial charge in [-0.05, 0) is 19.1 Å². The zero-order valence-corrected chi connectivity index (χ0v) is 9.57. The molecular formula is C12H14O4. The van der Waals surface area contributed by atoms with Crippen molar-refractivity contribution in [3.63, 3.8) is 0 Å². The van der Waals surface area contributed by atoms with Crippen LogP contribution in [0.2, 0.25) is 0 Å². The van der Waals surface area contributed by atoms with Crippen LogP contribution in [0.25, 0.3) is 0 Å². The van der Waals surface area contributed by atoms with E-state index in [9.17, 15) is 4.79 Å². The molecule has 0 bridgehead atoms. The second-order valence-corrected chi connectivity index (χ2v) is 4.00. The Bertz CT molecular complexity index is 423. The summed E-state index contributed by atoms with van der Waals surface area (Å²) in [6, 6.07) is 3.31. The topological polar surface area (TPSA) is 44.8 Å². The van der Waals surface area contributed by atoms with E-state index in [0.29, 0.717) is 29.4 Å². The minimum atomic E-state index is -0.713. The van der Waals surface area contributed by atoms with Gasteiger partial charge in [0.2, 0.25) is 11.5 Å². The predicted molar refractivity (Wildman–Crippen MR) is 58.3 cm³/mol. The van der Waals surface area contributed by atoms with Crippen LogP contribution in [0.5, 0.6) is 17.2 Å². The van der Waals surface area contributed by atoms with E-state index in [4.69, 9.17) is 14.2 Å². The van der Waals surface area contributed by atoms with Crippen LogP contribution in [0, 0.1) is 0 Å². The highest BCUT2D eigenvalue weighted by atomic mass is 16.7. The van der Waals surface area contributed by atoms with Crippen molar-refractivity contribution in [2.75, 3.05) is 6.61 Å². The molecule has 0 saturated carbocycles. The van der Waals surface area contributed by atoms with Gasteiger partial charge in [0.1, 0.15) is 6.29 Å². The molecule has 1 aromatic rings. The summed E-state index contributed by atoms with van der Waals surface area (Å²) in [4.78, 5) is 10.8. The zero-order valence-electron chi connectivity index (χ0n) is 9.57. The maximum atomic E-state index is 10.8. The fourth-order valence-corrected chi connectivity index (χ4v) is 1.64. The number of carbonyl (C=O) groups excluding carboxylic acids is 1. The Labute approximate surface area is 94.1 Å². The van der Waals surface area contributed by atoms with Crippen LogP contribution in [0.3, 0.4) is 0 Å². The smallest absolute Gasteiger partial charge is 0.246 e. The lowest BCUT2D eigenvalue weighted by Crippen LogP contribution is -2.29. The van der Waals surface area contributed by atoms with Crippen LogP contribution in [-0.2, 0) is 0 Å². The minimum Gasteiger partial charge on any atom is -0.490 e. The first-order valence-electron chi connectivity index (χ1n) is 5.20. The molecule has 0 radical (unpaired) electrons. The van der Waals surface area contributed by atoms with Crippen LogP contribution in [0.1, 0.15) is 31.1 Å². The average Bonchev–Trinajstić information content (AvgIpc) is 2.52. The van der Waals surface area contributed by atoms with Crippen LogP contribution in [0.4, 0.5) is 0 Å². The normalized spacial score (nSPS) is 15.9. The number of carbonyl (C=O) groups is 1. The van der Waals surface area contributed by atoms with Gasteiger partial charge in [0, 0.05) is 19.4 Å². The first kappa shape index (κ1) is 10.8. The molecule has 0 aliphatic carbocycles. The minimum absolute atomic E-state index is 0.512. The highest BCUT2D eigenvalue weighted by Crippen LogP contribution is 2.46. The van der Waals surface area contributed by atoms with Gasteiger partial charge in [-0.1, -0.05) is 0 Å². The van der Waals surface area contributed by atoms with Crippen molar-refractivity contribution in [2.24, 2.45) is 0 Å². The van der Waals surface area contributed by atoms with E-state index in [-0.39, 0.29) is 0 Å². The largest absolute Gasteiger partial charge is 0.490 e. The van der Waals surface area contributed by atoms with E-state index in [1.807, 2.05) is 20.8 Å². The Kier molecular flexibility index (Phi) is 2.50. The molecule has 1 aliphatic heterocycles. The Hall–Kier alpha value is -1.71. The average molecular weight is 222 g/mol. The van der Waals surface area contributed by atoms with Gasteiger partial charge in [0.05, 0.1) is 6.61 Å². The van der Waals surface area contributed by atoms with Gasteiger partial charge in [-0.25, -0.2) is 0 Å². The summed E-state index contributed by atoms with van der Waals surface area (Å²) in [6.07, 6.45) is 0.761. The van der Waals surface area contributed by atoms with E-state index in [0.717, 1.165) is 6.29 Å². The molecule has 4 nitrogen and oxygen atoms in total. The van der Waals surface area contributed by atoms with Crippen LogP contribution in [0.15, 0.2) is 12.1 Å². The molecule has 0 amide bonds. The summed E-state index contributed by atoms with van der Waals surface area (Å²) >= 11 is 0. The summed E-state index contributed by atoms with van der Waals surface area (Å²) in [5.74, 6) is 0.957. The van der Waals surface area contributed by atoms with Gasteiger partial charge >= 0.3 is 0 Å². The molecular weight excluding hydrogens is 208 g/mol. The van der Waals surface area contributed by atoms with E-state index < -0.39 is 5.79 Å². The lowest BCUT2D eigenvalue weighted by Gasteiger charge is -2.16. The van der Waals surface area contributed by atoms with Gasteiger partial charge in [0.15, 0.2) is 11.5 Å². The van der Waals surface area contributed by atoms with Gasteiger partial charge < -0.3 is 14.2 Å². The maximum Gasteiger partial charge on any atom is 0.246 e.